The molecule has 0 spiro atoms. The third-order valence-electron chi connectivity index (χ3n) is 2.29. The Morgan fingerprint density at radius 3 is 2.81 bits per heavy atom. The first-order chi connectivity index (χ1) is 7.49. The van der Waals surface area contributed by atoms with Crippen LogP contribution >= 0.6 is 11.3 Å². The Balaban J connectivity index is 2.31. The lowest BCUT2D eigenvalue weighted by Crippen LogP contribution is -2.35. The van der Waals surface area contributed by atoms with Crippen LogP contribution in [0.1, 0.15) is 24.5 Å². The van der Waals surface area contributed by atoms with Gasteiger partial charge in [0.15, 0.2) is 0 Å². The number of aryl methyl sites for hydroxylation is 1. The standard InChI is InChI=1S/C11H18N2O2S/c1-7(2)10(14)5-12-11(15)4-9-6-16-8(3)13-9/h6-7,10,14H,4-5H2,1-3H3,(H,12,15). The van der Waals surface area contributed by atoms with Gasteiger partial charge in [-0.3, -0.25) is 4.79 Å². The Labute approximate surface area is 99.7 Å². The molecule has 1 atom stereocenters. The molecule has 0 fully saturated rings. The molecule has 2 N–H and O–H groups in total. The normalized spacial score (nSPS) is 12.8. The van der Waals surface area contributed by atoms with Gasteiger partial charge >= 0.3 is 0 Å². The number of aliphatic hydroxyl groups excluding tert-OH is 1. The van der Waals surface area contributed by atoms with Gasteiger partial charge in [0.2, 0.25) is 5.91 Å². The third-order valence-corrected chi connectivity index (χ3v) is 3.11. The summed E-state index contributed by atoms with van der Waals surface area (Å²) in [4.78, 5) is 15.7. The molecule has 1 aromatic rings. The maximum Gasteiger partial charge on any atom is 0.226 e. The van der Waals surface area contributed by atoms with E-state index in [1.807, 2.05) is 26.2 Å². The summed E-state index contributed by atoms with van der Waals surface area (Å²) in [5, 5.41) is 15.1. The Hall–Kier alpha value is -0.940. The van der Waals surface area contributed by atoms with Gasteiger partial charge in [0.05, 0.1) is 23.2 Å². The SMILES string of the molecule is Cc1nc(CC(=O)NCC(O)C(C)C)cs1. The van der Waals surface area contributed by atoms with Crippen LogP contribution in [0.5, 0.6) is 0 Å². The number of amides is 1. The van der Waals surface area contributed by atoms with Gasteiger partial charge in [0, 0.05) is 11.9 Å². The van der Waals surface area contributed by atoms with Crippen LogP contribution in [-0.2, 0) is 11.2 Å². The average molecular weight is 242 g/mol. The lowest BCUT2D eigenvalue weighted by atomic mass is 10.1. The van der Waals surface area contributed by atoms with Gasteiger partial charge in [0.25, 0.3) is 0 Å². The molecule has 0 aliphatic heterocycles. The summed E-state index contributed by atoms with van der Waals surface area (Å²) < 4.78 is 0. The molecule has 1 amide bonds. The number of thiazole rings is 1. The first kappa shape index (κ1) is 13.1. The van der Waals surface area contributed by atoms with Gasteiger partial charge in [-0.15, -0.1) is 11.3 Å². The zero-order chi connectivity index (χ0) is 12.1. The molecule has 0 aliphatic carbocycles. The van der Waals surface area contributed by atoms with E-state index in [4.69, 9.17) is 0 Å². The second-order valence-electron chi connectivity index (χ2n) is 4.15. The second-order valence-corrected chi connectivity index (χ2v) is 5.21. The molecule has 5 heteroatoms. The Kier molecular flexibility index (Phi) is 4.89. The number of nitrogens with zero attached hydrogens (tertiary/aromatic N) is 1. The number of nitrogens with one attached hydrogen (secondary N) is 1. The molecule has 0 radical (unpaired) electrons. The van der Waals surface area contributed by atoms with Crippen molar-refractivity contribution >= 4 is 17.2 Å². The van der Waals surface area contributed by atoms with E-state index in [1.54, 1.807) is 0 Å². The lowest BCUT2D eigenvalue weighted by Gasteiger charge is -2.14. The average Bonchev–Trinajstić information content (AvgIpc) is 2.60. The van der Waals surface area contributed by atoms with Gasteiger partial charge in [-0.05, 0) is 12.8 Å². The number of hydrogen-bond donors (Lipinski definition) is 2. The number of aliphatic hydroxyl groups is 1. The van der Waals surface area contributed by atoms with Crippen molar-refractivity contribution in [1.29, 1.82) is 0 Å². The minimum Gasteiger partial charge on any atom is -0.391 e. The van der Waals surface area contributed by atoms with Crippen LogP contribution < -0.4 is 5.32 Å². The summed E-state index contributed by atoms with van der Waals surface area (Å²) in [5.74, 6) is 0.0619. The second kappa shape index (κ2) is 5.96. The summed E-state index contributed by atoms with van der Waals surface area (Å²) in [6, 6.07) is 0. The van der Waals surface area contributed by atoms with Crippen LogP contribution in [0.25, 0.3) is 0 Å². The number of rotatable bonds is 5. The summed E-state index contributed by atoms with van der Waals surface area (Å²) >= 11 is 1.54. The van der Waals surface area contributed by atoms with Crippen molar-refractivity contribution in [3.63, 3.8) is 0 Å². The van der Waals surface area contributed by atoms with Gasteiger partial charge < -0.3 is 10.4 Å². The van der Waals surface area contributed by atoms with E-state index in [1.165, 1.54) is 11.3 Å². The van der Waals surface area contributed by atoms with E-state index in [9.17, 15) is 9.90 Å². The molecule has 0 saturated carbocycles. The van der Waals surface area contributed by atoms with E-state index in [2.05, 4.69) is 10.3 Å². The van der Waals surface area contributed by atoms with Crippen molar-refractivity contribution in [1.82, 2.24) is 10.3 Å². The van der Waals surface area contributed by atoms with Crippen molar-refractivity contribution in [2.75, 3.05) is 6.54 Å². The lowest BCUT2D eigenvalue weighted by molar-refractivity contribution is -0.121. The van der Waals surface area contributed by atoms with E-state index >= 15 is 0 Å². The molecule has 0 saturated heterocycles. The Morgan fingerprint density at radius 1 is 1.62 bits per heavy atom. The minimum atomic E-state index is -0.485. The predicted octanol–water partition coefficient (Wildman–Crippen LogP) is 1.13. The highest BCUT2D eigenvalue weighted by atomic mass is 32.1. The monoisotopic (exact) mass is 242 g/mol. The molecule has 0 aliphatic rings. The maximum atomic E-state index is 11.5. The fraction of sp³-hybridized carbons (Fsp3) is 0.636. The fourth-order valence-electron chi connectivity index (χ4n) is 1.17. The maximum absolute atomic E-state index is 11.5. The van der Waals surface area contributed by atoms with Crippen LogP contribution in [-0.4, -0.2) is 28.6 Å². The fourth-order valence-corrected chi connectivity index (χ4v) is 1.78. The van der Waals surface area contributed by atoms with E-state index in [0.29, 0.717) is 6.54 Å². The molecule has 90 valence electrons. The Morgan fingerprint density at radius 2 is 2.31 bits per heavy atom. The van der Waals surface area contributed by atoms with Crippen molar-refractivity contribution < 1.29 is 9.90 Å². The van der Waals surface area contributed by atoms with Crippen LogP contribution in [0.15, 0.2) is 5.38 Å². The first-order valence-corrected chi connectivity index (χ1v) is 6.22. The summed E-state index contributed by atoms with van der Waals surface area (Å²) in [6.07, 6.45) is -0.198. The number of carbonyl (C=O) groups excluding carboxylic acids is 1. The smallest absolute Gasteiger partial charge is 0.226 e. The molecule has 0 aromatic carbocycles. The summed E-state index contributed by atoms with van der Waals surface area (Å²) in [6.45, 7) is 6.05. The van der Waals surface area contributed by atoms with Gasteiger partial charge in [-0.1, -0.05) is 13.8 Å². The van der Waals surface area contributed by atoms with Gasteiger partial charge in [-0.25, -0.2) is 4.98 Å². The highest BCUT2D eigenvalue weighted by molar-refractivity contribution is 7.09. The van der Waals surface area contributed by atoms with Crippen LogP contribution in [0.2, 0.25) is 0 Å². The van der Waals surface area contributed by atoms with Crippen molar-refractivity contribution in [3.8, 4) is 0 Å². The van der Waals surface area contributed by atoms with Crippen molar-refractivity contribution in [2.45, 2.75) is 33.3 Å². The summed E-state index contributed by atoms with van der Waals surface area (Å²) in [5.41, 5.74) is 0.791. The largest absolute Gasteiger partial charge is 0.391 e. The molecular formula is C11H18N2O2S. The van der Waals surface area contributed by atoms with Crippen LogP contribution in [0.3, 0.4) is 0 Å². The molecule has 1 unspecified atom stereocenters. The topological polar surface area (TPSA) is 62.2 Å². The predicted molar refractivity (Wildman–Crippen MR) is 64.4 cm³/mol. The van der Waals surface area contributed by atoms with Crippen LogP contribution in [0.4, 0.5) is 0 Å². The molecule has 1 heterocycles. The number of carbonyl (C=O) groups is 1. The van der Waals surface area contributed by atoms with Crippen LogP contribution in [0, 0.1) is 12.8 Å². The molecular weight excluding hydrogens is 224 g/mol. The molecule has 1 aromatic heterocycles. The Bertz CT molecular complexity index is 350. The van der Waals surface area contributed by atoms with Gasteiger partial charge in [0.1, 0.15) is 0 Å². The molecule has 16 heavy (non-hydrogen) atoms. The quantitative estimate of drug-likeness (QED) is 0.813. The highest BCUT2D eigenvalue weighted by Gasteiger charge is 2.11. The zero-order valence-corrected chi connectivity index (χ0v) is 10.7. The molecule has 0 bridgehead atoms. The van der Waals surface area contributed by atoms with E-state index in [-0.39, 0.29) is 18.2 Å². The number of hydrogen-bond acceptors (Lipinski definition) is 4. The van der Waals surface area contributed by atoms with Gasteiger partial charge in [-0.2, -0.15) is 0 Å². The third kappa shape index (κ3) is 4.28. The summed E-state index contributed by atoms with van der Waals surface area (Å²) in [7, 11) is 0. The molecule has 1 rings (SSSR count). The first-order valence-electron chi connectivity index (χ1n) is 5.34. The highest BCUT2D eigenvalue weighted by Crippen LogP contribution is 2.08. The van der Waals surface area contributed by atoms with Crippen molar-refractivity contribution in [3.05, 3.63) is 16.1 Å². The van der Waals surface area contributed by atoms with Crippen molar-refractivity contribution in [2.24, 2.45) is 5.92 Å². The minimum absolute atomic E-state index is 0.0926. The van der Waals surface area contributed by atoms with E-state index < -0.39 is 6.10 Å². The molecule has 4 nitrogen and oxygen atoms in total. The zero-order valence-electron chi connectivity index (χ0n) is 9.86. The number of aromatic nitrogens is 1. The van der Waals surface area contributed by atoms with E-state index in [0.717, 1.165) is 10.7 Å².